The molecule has 1 saturated heterocycles. The number of hydrogen-bond acceptors (Lipinski definition) is 5. The summed E-state index contributed by atoms with van der Waals surface area (Å²) in [6, 6.07) is 7.98. The van der Waals surface area contributed by atoms with E-state index >= 15 is 0 Å². The van der Waals surface area contributed by atoms with Gasteiger partial charge < -0.3 is 25.2 Å². The molecule has 2 aliphatic rings. The highest BCUT2D eigenvalue weighted by molar-refractivity contribution is 14.0. The Bertz CT molecular complexity index is 811. The third-order valence-electron chi connectivity index (χ3n) is 5.75. The number of nitrogens with zero attached hydrogens (tertiary/aromatic N) is 4. The zero-order valence-corrected chi connectivity index (χ0v) is 22.2. The Morgan fingerprint density at radius 2 is 1.97 bits per heavy atom. The minimum atomic E-state index is -0.0165. The molecule has 0 atom stereocenters. The molecule has 0 radical (unpaired) electrons. The van der Waals surface area contributed by atoms with E-state index in [1.165, 1.54) is 0 Å². The van der Waals surface area contributed by atoms with Crippen molar-refractivity contribution in [1.29, 1.82) is 0 Å². The van der Waals surface area contributed by atoms with E-state index in [9.17, 15) is 9.59 Å². The van der Waals surface area contributed by atoms with Crippen molar-refractivity contribution in [2.24, 2.45) is 4.99 Å². The summed E-state index contributed by atoms with van der Waals surface area (Å²) in [5, 5.41) is 6.85. The Labute approximate surface area is 213 Å². The lowest BCUT2D eigenvalue weighted by molar-refractivity contribution is -0.130. The van der Waals surface area contributed by atoms with Crippen molar-refractivity contribution in [3.63, 3.8) is 0 Å². The first kappa shape index (κ1) is 27.2. The number of para-hydroxylation sites is 2. The predicted molar refractivity (Wildman–Crippen MR) is 142 cm³/mol. The number of carbonyl (C=O) groups excluding carboxylic acids is 2. The highest BCUT2D eigenvalue weighted by Crippen LogP contribution is 2.31. The van der Waals surface area contributed by atoms with Gasteiger partial charge >= 0.3 is 0 Å². The standard InChI is InChI=1S/C23H36N6O3.HI/c1-4-24-23(26-18-10-14-28(15-11-18)16-21(30)27(2)3)25-12-7-13-29-19-8-5-6-9-20(19)32-17-22(29)31;/h5-6,8-9,18H,4,7,10-17H2,1-3H3,(H2,24,25,26);1H. The van der Waals surface area contributed by atoms with Gasteiger partial charge in [-0.25, -0.2) is 0 Å². The number of amides is 2. The van der Waals surface area contributed by atoms with Gasteiger partial charge in [0.2, 0.25) is 5.91 Å². The number of fused-ring (bicyclic) bond motifs is 1. The lowest BCUT2D eigenvalue weighted by Gasteiger charge is -2.33. The summed E-state index contributed by atoms with van der Waals surface area (Å²) < 4.78 is 5.50. The summed E-state index contributed by atoms with van der Waals surface area (Å²) in [4.78, 5) is 34.6. The van der Waals surface area contributed by atoms with Crippen LogP contribution in [0.15, 0.2) is 29.3 Å². The summed E-state index contributed by atoms with van der Waals surface area (Å²) in [5.41, 5.74) is 0.831. The molecule has 1 aromatic rings. The first-order valence-corrected chi connectivity index (χ1v) is 11.5. The lowest BCUT2D eigenvalue weighted by Crippen LogP contribution is -2.50. The number of anilines is 1. The number of likely N-dealkylation sites (tertiary alicyclic amines) is 1. The summed E-state index contributed by atoms with van der Waals surface area (Å²) in [7, 11) is 3.59. The topological polar surface area (TPSA) is 89.5 Å². The maximum atomic E-state index is 12.3. The van der Waals surface area contributed by atoms with Crippen molar-refractivity contribution in [2.45, 2.75) is 32.2 Å². The van der Waals surface area contributed by atoms with Crippen molar-refractivity contribution >= 4 is 47.4 Å². The van der Waals surface area contributed by atoms with Crippen molar-refractivity contribution < 1.29 is 14.3 Å². The van der Waals surface area contributed by atoms with Gasteiger partial charge in [0.15, 0.2) is 12.6 Å². The molecule has 2 N–H and O–H groups in total. The molecule has 9 nitrogen and oxygen atoms in total. The fourth-order valence-corrected chi connectivity index (χ4v) is 3.90. The van der Waals surface area contributed by atoms with E-state index in [0.717, 1.165) is 56.3 Å². The van der Waals surface area contributed by atoms with Crippen LogP contribution in [-0.2, 0) is 9.59 Å². The van der Waals surface area contributed by atoms with Crippen molar-refractivity contribution in [3.8, 4) is 5.75 Å². The van der Waals surface area contributed by atoms with Crippen molar-refractivity contribution in [2.75, 3.05) is 64.9 Å². The molecule has 0 spiro atoms. The van der Waals surface area contributed by atoms with Gasteiger partial charge in [0.1, 0.15) is 5.75 Å². The molecule has 33 heavy (non-hydrogen) atoms. The molecule has 184 valence electrons. The molecule has 0 saturated carbocycles. The molecule has 1 fully saturated rings. The number of guanidine groups is 1. The molecule has 0 aliphatic carbocycles. The van der Waals surface area contributed by atoms with E-state index in [1.807, 2.05) is 24.3 Å². The second-order valence-corrected chi connectivity index (χ2v) is 8.40. The Morgan fingerprint density at radius 3 is 2.67 bits per heavy atom. The minimum absolute atomic E-state index is 0. The third kappa shape index (κ3) is 8.02. The SMILES string of the molecule is CCNC(=NCCCN1C(=O)COc2ccccc21)NC1CCN(CC(=O)N(C)C)CC1.I. The molecule has 0 unspecified atom stereocenters. The number of ether oxygens (including phenoxy) is 1. The number of nitrogens with one attached hydrogen (secondary N) is 2. The predicted octanol–water partition coefficient (Wildman–Crippen LogP) is 1.53. The van der Waals surface area contributed by atoms with Crippen LogP contribution in [0.1, 0.15) is 26.2 Å². The second kappa shape index (κ2) is 13.6. The van der Waals surface area contributed by atoms with Crippen LogP contribution in [0.4, 0.5) is 5.69 Å². The first-order chi connectivity index (χ1) is 15.5. The number of carbonyl (C=O) groups is 2. The highest BCUT2D eigenvalue weighted by Gasteiger charge is 2.25. The maximum Gasteiger partial charge on any atom is 0.265 e. The van der Waals surface area contributed by atoms with Gasteiger partial charge in [-0.05, 0) is 38.3 Å². The van der Waals surface area contributed by atoms with Crippen LogP contribution in [0.25, 0.3) is 0 Å². The van der Waals surface area contributed by atoms with E-state index in [1.54, 1.807) is 23.9 Å². The van der Waals surface area contributed by atoms with Gasteiger partial charge in [-0.15, -0.1) is 24.0 Å². The summed E-state index contributed by atoms with van der Waals surface area (Å²) >= 11 is 0. The number of hydrogen-bond donors (Lipinski definition) is 2. The molecule has 0 bridgehead atoms. The van der Waals surface area contributed by atoms with Crippen LogP contribution in [0, 0.1) is 0 Å². The lowest BCUT2D eigenvalue weighted by atomic mass is 10.1. The van der Waals surface area contributed by atoms with E-state index < -0.39 is 0 Å². The molecule has 2 heterocycles. The van der Waals surface area contributed by atoms with Crippen LogP contribution < -0.4 is 20.3 Å². The van der Waals surface area contributed by atoms with Gasteiger partial charge in [0.05, 0.1) is 12.2 Å². The number of piperidine rings is 1. The molecule has 2 aliphatic heterocycles. The van der Waals surface area contributed by atoms with E-state index in [0.29, 0.717) is 25.7 Å². The zero-order chi connectivity index (χ0) is 22.9. The molecule has 2 amide bonds. The number of aliphatic imine (C=N–C) groups is 1. The average molecular weight is 572 g/mol. The van der Waals surface area contributed by atoms with E-state index in [4.69, 9.17) is 9.73 Å². The van der Waals surface area contributed by atoms with Gasteiger partial charge in [0, 0.05) is 52.9 Å². The van der Waals surface area contributed by atoms with Gasteiger partial charge in [-0.3, -0.25) is 19.5 Å². The monoisotopic (exact) mass is 572 g/mol. The van der Waals surface area contributed by atoms with Gasteiger partial charge in [-0.2, -0.15) is 0 Å². The number of likely N-dealkylation sites (N-methyl/N-ethyl adjacent to an activating group) is 1. The molecule has 3 rings (SSSR count). The van der Waals surface area contributed by atoms with Crippen LogP contribution >= 0.6 is 24.0 Å². The Hall–Kier alpha value is -2.08. The van der Waals surface area contributed by atoms with Gasteiger partial charge in [-0.1, -0.05) is 12.1 Å². The average Bonchev–Trinajstić information content (AvgIpc) is 2.79. The van der Waals surface area contributed by atoms with Crippen LogP contribution in [0.5, 0.6) is 5.75 Å². The van der Waals surface area contributed by atoms with Crippen LogP contribution in [-0.4, -0.2) is 93.6 Å². The third-order valence-corrected chi connectivity index (χ3v) is 5.75. The first-order valence-electron chi connectivity index (χ1n) is 11.5. The van der Waals surface area contributed by atoms with Crippen molar-refractivity contribution in [3.05, 3.63) is 24.3 Å². The molecule has 0 aromatic heterocycles. The maximum absolute atomic E-state index is 12.3. The molecule has 1 aromatic carbocycles. The summed E-state index contributed by atoms with van der Waals surface area (Å²) in [6.07, 6.45) is 2.72. The molecule has 10 heteroatoms. The smallest absolute Gasteiger partial charge is 0.265 e. The Morgan fingerprint density at radius 1 is 1.24 bits per heavy atom. The second-order valence-electron chi connectivity index (χ2n) is 8.40. The number of halogens is 1. The Kier molecular flexibility index (Phi) is 11.2. The quantitative estimate of drug-likeness (QED) is 0.213. The van der Waals surface area contributed by atoms with Crippen LogP contribution in [0.2, 0.25) is 0 Å². The van der Waals surface area contributed by atoms with Crippen LogP contribution in [0.3, 0.4) is 0 Å². The number of rotatable bonds is 8. The summed E-state index contributed by atoms with van der Waals surface area (Å²) in [6.45, 7) is 6.44. The fourth-order valence-electron chi connectivity index (χ4n) is 3.90. The highest BCUT2D eigenvalue weighted by atomic mass is 127. The van der Waals surface area contributed by atoms with Crippen molar-refractivity contribution in [1.82, 2.24) is 20.4 Å². The zero-order valence-electron chi connectivity index (χ0n) is 19.9. The largest absolute Gasteiger partial charge is 0.482 e. The fraction of sp³-hybridized carbons (Fsp3) is 0.609. The van der Waals surface area contributed by atoms with E-state index in [-0.39, 0.29) is 42.4 Å². The Balaban J connectivity index is 0.00000385. The number of benzene rings is 1. The molecular weight excluding hydrogens is 535 g/mol. The molecular formula is C23H37IN6O3. The van der Waals surface area contributed by atoms with Gasteiger partial charge in [0.25, 0.3) is 5.91 Å². The summed E-state index contributed by atoms with van der Waals surface area (Å²) in [5.74, 6) is 1.69. The van der Waals surface area contributed by atoms with E-state index in [2.05, 4.69) is 22.5 Å². The normalized spacial score (nSPS) is 17.0. The minimum Gasteiger partial charge on any atom is -0.482 e.